The standard InChI is InChI=1S/C21H24N6O2S/c1-2-17-6-8-18(9-7-17)30(28,29)27-13-11-26(12-14-27)21-15-20(23-16-24-21)25-19-5-3-4-10-22-19/h3-10,15-16H,2,11-14H2,1H3,(H,22,23,24,25). The van der Waals surface area contributed by atoms with Crippen LogP contribution in [-0.4, -0.2) is 53.9 Å². The molecule has 4 rings (SSSR count). The van der Waals surface area contributed by atoms with Crippen molar-refractivity contribution in [1.29, 1.82) is 0 Å². The molecule has 1 N–H and O–H groups in total. The quantitative estimate of drug-likeness (QED) is 0.650. The fraction of sp³-hybridized carbons (Fsp3) is 0.286. The molecule has 0 saturated carbocycles. The predicted molar refractivity (Wildman–Crippen MR) is 116 cm³/mol. The molecule has 0 atom stereocenters. The van der Waals surface area contributed by atoms with Crippen molar-refractivity contribution in [3.05, 3.63) is 66.6 Å². The van der Waals surface area contributed by atoms with Crippen LogP contribution in [0.25, 0.3) is 0 Å². The maximum absolute atomic E-state index is 13.0. The van der Waals surface area contributed by atoms with Gasteiger partial charge in [-0.25, -0.2) is 23.4 Å². The minimum Gasteiger partial charge on any atom is -0.354 e. The molecule has 2 aromatic heterocycles. The summed E-state index contributed by atoms with van der Waals surface area (Å²) in [7, 11) is -3.49. The average molecular weight is 425 g/mol. The zero-order valence-corrected chi connectivity index (χ0v) is 17.6. The van der Waals surface area contributed by atoms with E-state index in [9.17, 15) is 8.42 Å². The number of sulfonamides is 1. The Balaban J connectivity index is 1.42. The predicted octanol–water partition coefficient (Wildman–Crippen LogP) is 2.69. The lowest BCUT2D eigenvalue weighted by atomic mass is 10.2. The maximum Gasteiger partial charge on any atom is 0.243 e. The summed E-state index contributed by atoms with van der Waals surface area (Å²) in [6.45, 7) is 3.99. The number of anilines is 3. The van der Waals surface area contributed by atoms with Gasteiger partial charge >= 0.3 is 0 Å². The lowest BCUT2D eigenvalue weighted by molar-refractivity contribution is 0.384. The van der Waals surface area contributed by atoms with Gasteiger partial charge < -0.3 is 10.2 Å². The van der Waals surface area contributed by atoms with Crippen molar-refractivity contribution in [2.24, 2.45) is 0 Å². The number of nitrogens with one attached hydrogen (secondary N) is 1. The van der Waals surface area contributed by atoms with Crippen molar-refractivity contribution in [3.63, 3.8) is 0 Å². The third-order valence-corrected chi connectivity index (χ3v) is 7.02. The Kier molecular flexibility index (Phi) is 5.91. The van der Waals surface area contributed by atoms with E-state index in [2.05, 4.69) is 25.2 Å². The molecule has 0 spiro atoms. The Morgan fingerprint density at radius 2 is 1.70 bits per heavy atom. The highest BCUT2D eigenvalue weighted by atomic mass is 32.2. The van der Waals surface area contributed by atoms with E-state index in [0.29, 0.717) is 42.7 Å². The summed E-state index contributed by atoms with van der Waals surface area (Å²) in [5.74, 6) is 2.10. The van der Waals surface area contributed by atoms with E-state index in [0.717, 1.165) is 17.8 Å². The van der Waals surface area contributed by atoms with Gasteiger partial charge in [-0.15, -0.1) is 0 Å². The first-order valence-electron chi connectivity index (χ1n) is 9.90. The molecule has 1 aliphatic heterocycles. The number of aromatic nitrogens is 3. The molecular formula is C21H24N6O2S. The SMILES string of the molecule is CCc1ccc(S(=O)(=O)N2CCN(c3cc(Nc4ccccn4)ncn3)CC2)cc1. The monoisotopic (exact) mass is 424 g/mol. The van der Waals surface area contributed by atoms with E-state index in [1.54, 1.807) is 22.6 Å². The van der Waals surface area contributed by atoms with Crippen LogP contribution in [0.1, 0.15) is 12.5 Å². The normalized spacial score (nSPS) is 15.2. The number of aryl methyl sites for hydroxylation is 1. The van der Waals surface area contributed by atoms with Crippen LogP contribution >= 0.6 is 0 Å². The topological polar surface area (TPSA) is 91.3 Å². The molecule has 0 bridgehead atoms. The largest absolute Gasteiger partial charge is 0.354 e. The van der Waals surface area contributed by atoms with E-state index in [-0.39, 0.29) is 0 Å². The lowest BCUT2D eigenvalue weighted by Gasteiger charge is -2.34. The molecule has 0 aliphatic carbocycles. The van der Waals surface area contributed by atoms with Gasteiger partial charge in [0.15, 0.2) is 0 Å². The molecule has 3 heterocycles. The van der Waals surface area contributed by atoms with Gasteiger partial charge in [0.2, 0.25) is 10.0 Å². The highest BCUT2D eigenvalue weighted by Gasteiger charge is 2.29. The van der Waals surface area contributed by atoms with Crippen LogP contribution in [0.3, 0.4) is 0 Å². The van der Waals surface area contributed by atoms with Crippen molar-refractivity contribution in [2.75, 3.05) is 36.4 Å². The second kappa shape index (κ2) is 8.76. The van der Waals surface area contributed by atoms with Crippen molar-refractivity contribution in [1.82, 2.24) is 19.3 Å². The van der Waals surface area contributed by atoms with E-state index in [1.165, 1.54) is 6.33 Å². The Hall–Kier alpha value is -3.04. The number of pyridine rings is 1. The average Bonchev–Trinajstić information content (AvgIpc) is 2.80. The number of rotatable bonds is 6. The van der Waals surface area contributed by atoms with Gasteiger partial charge in [-0.3, -0.25) is 0 Å². The first-order chi connectivity index (χ1) is 14.6. The molecule has 0 unspecified atom stereocenters. The number of nitrogens with zero attached hydrogens (tertiary/aromatic N) is 5. The molecule has 1 aromatic carbocycles. The number of piperazine rings is 1. The molecule has 1 fully saturated rings. The van der Waals surface area contributed by atoms with Crippen LogP contribution in [0.15, 0.2) is 66.0 Å². The van der Waals surface area contributed by atoms with Crippen LogP contribution in [0.2, 0.25) is 0 Å². The van der Waals surface area contributed by atoms with E-state index in [1.807, 2.05) is 43.3 Å². The van der Waals surface area contributed by atoms with Crippen LogP contribution < -0.4 is 10.2 Å². The molecule has 0 radical (unpaired) electrons. The maximum atomic E-state index is 13.0. The van der Waals surface area contributed by atoms with Crippen LogP contribution in [0, 0.1) is 0 Å². The highest BCUT2D eigenvalue weighted by molar-refractivity contribution is 7.89. The minimum absolute atomic E-state index is 0.344. The Labute approximate surface area is 176 Å². The summed E-state index contributed by atoms with van der Waals surface area (Å²) >= 11 is 0. The van der Waals surface area contributed by atoms with Gasteiger partial charge in [-0.2, -0.15) is 4.31 Å². The fourth-order valence-electron chi connectivity index (χ4n) is 3.36. The molecule has 8 nitrogen and oxygen atoms in total. The Morgan fingerprint density at radius 1 is 0.933 bits per heavy atom. The smallest absolute Gasteiger partial charge is 0.243 e. The van der Waals surface area contributed by atoms with Gasteiger partial charge in [0.1, 0.15) is 23.8 Å². The molecule has 3 aromatic rings. The summed E-state index contributed by atoms with van der Waals surface area (Å²) in [6, 6.07) is 14.6. The molecule has 156 valence electrons. The molecule has 9 heteroatoms. The summed E-state index contributed by atoms with van der Waals surface area (Å²) in [5, 5.41) is 3.15. The summed E-state index contributed by atoms with van der Waals surface area (Å²) < 4.78 is 27.4. The minimum atomic E-state index is -3.49. The van der Waals surface area contributed by atoms with Gasteiger partial charge in [0.25, 0.3) is 0 Å². The van der Waals surface area contributed by atoms with Gasteiger partial charge in [-0.05, 0) is 36.2 Å². The summed E-state index contributed by atoms with van der Waals surface area (Å²) in [4.78, 5) is 15.2. The van der Waals surface area contributed by atoms with Crippen LogP contribution in [0.5, 0.6) is 0 Å². The molecule has 1 saturated heterocycles. The zero-order valence-electron chi connectivity index (χ0n) is 16.8. The molecule has 1 aliphatic rings. The second-order valence-corrected chi connectivity index (χ2v) is 8.93. The number of hydrogen-bond donors (Lipinski definition) is 1. The highest BCUT2D eigenvalue weighted by Crippen LogP contribution is 2.22. The van der Waals surface area contributed by atoms with Gasteiger partial charge in [0.05, 0.1) is 4.90 Å². The number of hydrogen-bond acceptors (Lipinski definition) is 7. The first-order valence-corrected chi connectivity index (χ1v) is 11.3. The van der Waals surface area contributed by atoms with Crippen molar-refractivity contribution < 1.29 is 8.42 Å². The fourth-order valence-corrected chi connectivity index (χ4v) is 4.78. The van der Waals surface area contributed by atoms with Crippen LogP contribution in [0.4, 0.5) is 17.5 Å². The van der Waals surface area contributed by atoms with Crippen LogP contribution in [-0.2, 0) is 16.4 Å². The van der Waals surface area contributed by atoms with E-state index in [4.69, 9.17) is 0 Å². The van der Waals surface area contributed by atoms with Gasteiger partial charge in [0, 0.05) is 38.4 Å². The first kappa shape index (κ1) is 20.2. The van der Waals surface area contributed by atoms with Crippen molar-refractivity contribution in [2.45, 2.75) is 18.2 Å². The molecular weight excluding hydrogens is 400 g/mol. The Morgan fingerprint density at radius 3 is 2.37 bits per heavy atom. The summed E-state index contributed by atoms with van der Waals surface area (Å²) in [5.41, 5.74) is 1.12. The zero-order chi connectivity index (χ0) is 21.0. The van der Waals surface area contributed by atoms with Crippen molar-refractivity contribution in [3.8, 4) is 0 Å². The lowest BCUT2D eigenvalue weighted by Crippen LogP contribution is -2.48. The van der Waals surface area contributed by atoms with Gasteiger partial charge in [-0.1, -0.05) is 25.1 Å². The third-order valence-electron chi connectivity index (χ3n) is 5.11. The molecule has 30 heavy (non-hydrogen) atoms. The second-order valence-electron chi connectivity index (χ2n) is 6.99. The van der Waals surface area contributed by atoms with E-state index < -0.39 is 10.0 Å². The third kappa shape index (κ3) is 4.42. The summed E-state index contributed by atoms with van der Waals surface area (Å²) in [6.07, 6.45) is 4.09. The molecule has 0 amide bonds. The van der Waals surface area contributed by atoms with Crippen molar-refractivity contribution >= 4 is 27.5 Å². The Bertz CT molecular complexity index is 1080. The van der Waals surface area contributed by atoms with E-state index >= 15 is 0 Å². The number of benzene rings is 1.